The lowest BCUT2D eigenvalue weighted by Gasteiger charge is -2.04. The van der Waals surface area contributed by atoms with Crippen LogP contribution >= 0.6 is 0 Å². The molecular formula is C12H12N2O5S. The van der Waals surface area contributed by atoms with Gasteiger partial charge in [-0.05, 0) is 12.1 Å². The minimum atomic E-state index is -3.36. The second kappa shape index (κ2) is 5.33. The van der Waals surface area contributed by atoms with Crippen molar-refractivity contribution in [3.05, 3.63) is 36.0 Å². The minimum Gasteiger partial charge on any atom is -0.464 e. The van der Waals surface area contributed by atoms with Crippen LogP contribution in [0.4, 0.5) is 5.69 Å². The molecule has 7 nitrogen and oxygen atoms in total. The summed E-state index contributed by atoms with van der Waals surface area (Å²) in [4.78, 5) is 11.3. The van der Waals surface area contributed by atoms with Gasteiger partial charge in [0.15, 0.2) is 11.5 Å². The first kappa shape index (κ1) is 14.1. The molecule has 1 heterocycles. The second-order valence-electron chi connectivity index (χ2n) is 4.02. The van der Waals surface area contributed by atoms with E-state index >= 15 is 0 Å². The van der Waals surface area contributed by atoms with E-state index in [-0.39, 0.29) is 5.69 Å². The van der Waals surface area contributed by atoms with E-state index in [1.54, 1.807) is 24.3 Å². The van der Waals surface area contributed by atoms with E-state index in [9.17, 15) is 13.2 Å². The van der Waals surface area contributed by atoms with Crippen LogP contribution in [0.3, 0.4) is 0 Å². The first-order valence-corrected chi connectivity index (χ1v) is 7.41. The lowest BCUT2D eigenvalue weighted by atomic mass is 10.1. The second-order valence-corrected chi connectivity index (χ2v) is 5.77. The van der Waals surface area contributed by atoms with Crippen molar-refractivity contribution in [2.24, 2.45) is 0 Å². The molecule has 0 aliphatic heterocycles. The number of nitrogens with zero attached hydrogens (tertiary/aromatic N) is 1. The zero-order chi connectivity index (χ0) is 14.8. The SMILES string of the molecule is COC(=O)c1cc(-c2cccc(NS(C)(=O)=O)c2)on1. The van der Waals surface area contributed by atoms with E-state index in [2.05, 4.69) is 14.6 Å². The van der Waals surface area contributed by atoms with Crippen molar-refractivity contribution in [2.75, 3.05) is 18.1 Å². The highest BCUT2D eigenvalue weighted by molar-refractivity contribution is 7.92. The highest BCUT2D eigenvalue weighted by Gasteiger charge is 2.14. The molecule has 0 amide bonds. The Morgan fingerprint density at radius 2 is 2.10 bits per heavy atom. The van der Waals surface area contributed by atoms with Gasteiger partial charge in [-0.3, -0.25) is 4.72 Å². The van der Waals surface area contributed by atoms with E-state index < -0.39 is 16.0 Å². The molecule has 106 valence electrons. The highest BCUT2D eigenvalue weighted by atomic mass is 32.2. The molecule has 0 bridgehead atoms. The fourth-order valence-electron chi connectivity index (χ4n) is 1.56. The number of hydrogen-bond acceptors (Lipinski definition) is 6. The van der Waals surface area contributed by atoms with Gasteiger partial charge in [0.1, 0.15) is 0 Å². The van der Waals surface area contributed by atoms with E-state index in [1.807, 2.05) is 0 Å². The zero-order valence-electron chi connectivity index (χ0n) is 10.8. The summed E-state index contributed by atoms with van der Waals surface area (Å²) in [6, 6.07) is 7.95. The number of nitrogens with one attached hydrogen (secondary N) is 1. The molecule has 0 saturated carbocycles. The first-order valence-electron chi connectivity index (χ1n) is 5.52. The van der Waals surface area contributed by atoms with E-state index in [4.69, 9.17) is 4.52 Å². The first-order chi connectivity index (χ1) is 9.39. The minimum absolute atomic E-state index is 0.0453. The number of hydrogen-bond donors (Lipinski definition) is 1. The number of aromatic nitrogens is 1. The van der Waals surface area contributed by atoms with Crippen LogP contribution in [0.1, 0.15) is 10.5 Å². The van der Waals surface area contributed by atoms with Crippen molar-refractivity contribution in [1.82, 2.24) is 5.16 Å². The maximum Gasteiger partial charge on any atom is 0.360 e. The van der Waals surface area contributed by atoms with Gasteiger partial charge < -0.3 is 9.26 Å². The number of ether oxygens (including phenoxy) is 1. The van der Waals surface area contributed by atoms with Crippen LogP contribution in [0.5, 0.6) is 0 Å². The number of esters is 1. The Labute approximate surface area is 115 Å². The number of anilines is 1. The van der Waals surface area contributed by atoms with Crippen molar-refractivity contribution < 1.29 is 22.5 Å². The van der Waals surface area contributed by atoms with Crippen LogP contribution in [0.25, 0.3) is 11.3 Å². The molecule has 0 saturated heterocycles. The van der Waals surface area contributed by atoms with Gasteiger partial charge in [0.05, 0.1) is 13.4 Å². The van der Waals surface area contributed by atoms with Gasteiger partial charge in [0, 0.05) is 17.3 Å². The molecule has 0 radical (unpaired) electrons. The maximum absolute atomic E-state index is 11.3. The summed E-state index contributed by atoms with van der Waals surface area (Å²) in [6.07, 6.45) is 1.06. The summed E-state index contributed by atoms with van der Waals surface area (Å²) >= 11 is 0. The fourth-order valence-corrected chi connectivity index (χ4v) is 2.12. The van der Waals surface area contributed by atoms with Gasteiger partial charge in [0.2, 0.25) is 10.0 Å². The Bertz CT molecular complexity index is 736. The number of benzene rings is 1. The summed E-state index contributed by atoms with van der Waals surface area (Å²) in [7, 11) is -2.12. The largest absolute Gasteiger partial charge is 0.464 e. The Morgan fingerprint density at radius 3 is 2.75 bits per heavy atom. The fraction of sp³-hybridized carbons (Fsp3) is 0.167. The third-order valence-corrected chi connectivity index (χ3v) is 2.96. The standard InChI is InChI=1S/C12H12N2O5S/c1-18-12(15)10-7-11(19-13-10)8-4-3-5-9(6-8)14-20(2,16)17/h3-7,14H,1-2H3. The van der Waals surface area contributed by atoms with Crippen LogP contribution in [0, 0.1) is 0 Å². The molecule has 1 aromatic heterocycles. The highest BCUT2D eigenvalue weighted by Crippen LogP contribution is 2.24. The Hall–Kier alpha value is -2.35. The van der Waals surface area contributed by atoms with Crippen molar-refractivity contribution in [1.29, 1.82) is 0 Å². The van der Waals surface area contributed by atoms with Crippen molar-refractivity contribution in [3.8, 4) is 11.3 Å². The molecule has 1 aromatic carbocycles. The molecule has 1 N–H and O–H groups in total. The van der Waals surface area contributed by atoms with Crippen LogP contribution in [0.2, 0.25) is 0 Å². The summed E-state index contributed by atoms with van der Waals surface area (Å²) < 4.78 is 34.2. The molecule has 0 aliphatic rings. The molecule has 0 unspecified atom stereocenters. The van der Waals surface area contributed by atoms with Crippen LogP contribution < -0.4 is 4.72 Å². The summed E-state index contributed by atoms with van der Waals surface area (Å²) in [5.74, 6) is -0.270. The van der Waals surface area contributed by atoms with Crippen LogP contribution in [-0.4, -0.2) is 32.9 Å². The maximum atomic E-state index is 11.3. The zero-order valence-corrected chi connectivity index (χ0v) is 11.6. The molecule has 0 atom stereocenters. The van der Waals surface area contributed by atoms with Crippen molar-refractivity contribution >= 4 is 21.7 Å². The Morgan fingerprint density at radius 1 is 1.35 bits per heavy atom. The monoisotopic (exact) mass is 296 g/mol. The smallest absolute Gasteiger partial charge is 0.360 e. The van der Waals surface area contributed by atoms with Crippen molar-refractivity contribution in [2.45, 2.75) is 0 Å². The Balaban J connectivity index is 2.31. The van der Waals surface area contributed by atoms with Gasteiger partial charge in [-0.25, -0.2) is 13.2 Å². The summed E-state index contributed by atoms with van der Waals surface area (Å²) in [5.41, 5.74) is 1.02. The molecule has 2 rings (SSSR count). The van der Waals surface area contributed by atoms with Gasteiger partial charge >= 0.3 is 5.97 Å². The summed E-state index contributed by atoms with van der Waals surface area (Å²) in [6.45, 7) is 0. The Kier molecular flexibility index (Phi) is 3.75. The lowest BCUT2D eigenvalue weighted by molar-refractivity contribution is 0.0589. The van der Waals surface area contributed by atoms with Crippen LogP contribution in [0.15, 0.2) is 34.9 Å². The van der Waals surface area contributed by atoms with Crippen molar-refractivity contribution in [3.63, 3.8) is 0 Å². The van der Waals surface area contributed by atoms with E-state index in [1.165, 1.54) is 13.2 Å². The number of carbonyl (C=O) groups is 1. The average Bonchev–Trinajstić information content (AvgIpc) is 2.85. The van der Waals surface area contributed by atoms with E-state index in [0.717, 1.165) is 6.26 Å². The molecule has 0 fully saturated rings. The normalized spacial score (nSPS) is 11.1. The predicted octanol–water partition coefficient (Wildman–Crippen LogP) is 1.50. The molecule has 2 aromatic rings. The molecule has 8 heteroatoms. The summed E-state index contributed by atoms with van der Waals surface area (Å²) in [5, 5.41) is 3.58. The number of methoxy groups -OCH3 is 1. The third-order valence-electron chi connectivity index (χ3n) is 2.36. The van der Waals surface area contributed by atoms with Gasteiger partial charge in [-0.2, -0.15) is 0 Å². The number of carbonyl (C=O) groups excluding carboxylic acids is 1. The average molecular weight is 296 g/mol. The molecule has 0 aliphatic carbocycles. The number of sulfonamides is 1. The van der Waals surface area contributed by atoms with Gasteiger partial charge in [-0.1, -0.05) is 17.3 Å². The quantitative estimate of drug-likeness (QED) is 0.858. The number of rotatable bonds is 4. The van der Waals surface area contributed by atoms with E-state index in [0.29, 0.717) is 17.0 Å². The third kappa shape index (κ3) is 3.35. The van der Waals surface area contributed by atoms with Gasteiger partial charge in [-0.15, -0.1) is 0 Å². The molecular weight excluding hydrogens is 284 g/mol. The van der Waals surface area contributed by atoms with Crippen LogP contribution in [-0.2, 0) is 14.8 Å². The van der Waals surface area contributed by atoms with Gasteiger partial charge in [0.25, 0.3) is 0 Å². The molecule has 0 spiro atoms. The lowest BCUT2D eigenvalue weighted by Crippen LogP contribution is -2.09. The topological polar surface area (TPSA) is 98.5 Å². The molecule has 20 heavy (non-hydrogen) atoms. The predicted molar refractivity (Wildman–Crippen MR) is 71.7 cm³/mol.